The molecule has 0 radical (unpaired) electrons. The van der Waals surface area contributed by atoms with Crippen LogP contribution in [-0.2, 0) is 17.9 Å². The number of nitrogens with one attached hydrogen (secondary N) is 1. The lowest BCUT2D eigenvalue weighted by Crippen LogP contribution is -2.25. The highest BCUT2D eigenvalue weighted by atomic mass is 19.1. The molecule has 0 fully saturated rings. The van der Waals surface area contributed by atoms with E-state index < -0.39 is 0 Å². The van der Waals surface area contributed by atoms with Gasteiger partial charge in [-0.05, 0) is 61.0 Å². The zero-order chi connectivity index (χ0) is 27.2. The minimum atomic E-state index is -0.347. The van der Waals surface area contributed by atoms with Crippen LogP contribution >= 0.6 is 0 Å². The lowest BCUT2D eigenvalue weighted by molar-refractivity contribution is -0.121. The Balaban J connectivity index is 1.31. The number of nitrogens with zero attached hydrogens (tertiary/aromatic N) is 2. The Morgan fingerprint density at radius 2 is 1.56 bits per heavy atom. The van der Waals surface area contributed by atoms with E-state index >= 15 is 0 Å². The molecule has 0 unspecified atom stereocenters. The third-order valence-electron chi connectivity index (χ3n) is 6.19. The number of amides is 1. The molecule has 1 heterocycles. The third kappa shape index (κ3) is 5.65. The Morgan fingerprint density at radius 1 is 0.897 bits per heavy atom. The van der Waals surface area contributed by atoms with Gasteiger partial charge in [-0.25, -0.2) is 9.82 Å². The fraction of sp³-hybridized carbons (Fsp3) is 0.129. The number of carbonyl (C=O) groups excluding carboxylic acids is 1. The van der Waals surface area contributed by atoms with E-state index in [-0.39, 0.29) is 30.3 Å². The number of ether oxygens (including phenoxy) is 2. The highest BCUT2D eigenvalue weighted by molar-refractivity contribution is 5.95. The molecule has 8 heteroatoms. The second-order valence-corrected chi connectivity index (χ2v) is 8.76. The molecule has 7 nitrogen and oxygen atoms in total. The van der Waals surface area contributed by atoms with Crippen molar-refractivity contribution in [1.82, 2.24) is 9.99 Å². The maximum Gasteiger partial charge on any atom is 0.260 e. The predicted octanol–water partition coefficient (Wildman–Crippen LogP) is 5.42. The van der Waals surface area contributed by atoms with Crippen LogP contribution in [0.4, 0.5) is 4.39 Å². The molecule has 1 aromatic heterocycles. The molecule has 1 amide bonds. The highest BCUT2D eigenvalue weighted by Crippen LogP contribution is 2.29. The van der Waals surface area contributed by atoms with Crippen LogP contribution in [0, 0.1) is 5.82 Å². The number of para-hydroxylation sites is 2. The van der Waals surface area contributed by atoms with Gasteiger partial charge >= 0.3 is 0 Å². The maximum absolute atomic E-state index is 13.9. The monoisotopic (exact) mass is 523 g/mol. The van der Waals surface area contributed by atoms with Crippen molar-refractivity contribution >= 4 is 33.9 Å². The van der Waals surface area contributed by atoms with E-state index in [1.165, 1.54) is 12.3 Å². The van der Waals surface area contributed by atoms with Crippen LogP contribution in [0.25, 0.3) is 21.8 Å². The zero-order valence-corrected chi connectivity index (χ0v) is 21.3. The summed E-state index contributed by atoms with van der Waals surface area (Å²) in [6.45, 7) is 2.30. The first-order valence-electron chi connectivity index (χ1n) is 12.5. The lowest BCUT2D eigenvalue weighted by atomic mass is 10.1. The SMILES string of the molecule is CCOc1cc(/C=N/NC(=O)Cn2c3ccccc3c(=O)c3ccccc32)ccc1OCc1ccccc1F. The summed E-state index contributed by atoms with van der Waals surface area (Å²) in [5.41, 5.74) is 4.96. The van der Waals surface area contributed by atoms with Gasteiger partial charge in [-0.1, -0.05) is 42.5 Å². The molecule has 0 bridgehead atoms. The maximum atomic E-state index is 13.9. The lowest BCUT2D eigenvalue weighted by Gasteiger charge is -2.14. The highest BCUT2D eigenvalue weighted by Gasteiger charge is 2.13. The van der Waals surface area contributed by atoms with Gasteiger partial charge in [0.25, 0.3) is 5.91 Å². The van der Waals surface area contributed by atoms with Crippen molar-refractivity contribution in [3.8, 4) is 11.5 Å². The Morgan fingerprint density at radius 3 is 2.26 bits per heavy atom. The summed E-state index contributed by atoms with van der Waals surface area (Å²) >= 11 is 0. The standard InChI is InChI=1S/C31H26FN3O4/c1-2-38-29-17-21(15-16-28(29)39-20-22-9-3-6-12-25(22)32)18-33-34-30(36)19-35-26-13-7-4-10-23(26)31(37)24-11-5-8-14-27(24)35/h3-18H,2,19-20H2,1H3,(H,34,36)/b33-18+. The molecule has 0 atom stereocenters. The van der Waals surface area contributed by atoms with E-state index in [9.17, 15) is 14.0 Å². The van der Waals surface area contributed by atoms with Gasteiger partial charge in [0, 0.05) is 16.3 Å². The Labute approximate surface area is 224 Å². The number of carbonyl (C=O) groups is 1. The van der Waals surface area contributed by atoms with Gasteiger partial charge < -0.3 is 14.0 Å². The Kier molecular flexibility index (Phi) is 7.63. The Bertz CT molecular complexity index is 1690. The fourth-order valence-electron chi connectivity index (χ4n) is 4.37. The van der Waals surface area contributed by atoms with Gasteiger partial charge in [-0.2, -0.15) is 5.10 Å². The van der Waals surface area contributed by atoms with Crippen molar-refractivity contribution in [1.29, 1.82) is 0 Å². The molecule has 0 saturated heterocycles. The molecule has 196 valence electrons. The van der Waals surface area contributed by atoms with Crippen molar-refractivity contribution < 1.29 is 18.7 Å². The number of hydrogen-bond acceptors (Lipinski definition) is 5. The summed E-state index contributed by atoms with van der Waals surface area (Å²) in [7, 11) is 0. The second kappa shape index (κ2) is 11.6. The summed E-state index contributed by atoms with van der Waals surface area (Å²) in [6.07, 6.45) is 1.50. The summed E-state index contributed by atoms with van der Waals surface area (Å²) < 4.78 is 27.2. The van der Waals surface area contributed by atoms with Crippen LogP contribution in [0.15, 0.2) is 101 Å². The topological polar surface area (TPSA) is 81.9 Å². The Hall–Kier alpha value is -4.98. The van der Waals surface area contributed by atoms with Gasteiger partial charge in [0.1, 0.15) is 19.0 Å². The van der Waals surface area contributed by atoms with E-state index in [2.05, 4.69) is 10.5 Å². The van der Waals surface area contributed by atoms with Crippen molar-refractivity contribution in [2.24, 2.45) is 5.10 Å². The van der Waals surface area contributed by atoms with Crippen LogP contribution < -0.4 is 20.3 Å². The molecule has 4 aromatic carbocycles. The van der Waals surface area contributed by atoms with E-state index in [1.54, 1.807) is 60.7 Å². The first-order chi connectivity index (χ1) is 19.0. The van der Waals surface area contributed by atoms with Crippen molar-refractivity contribution in [3.05, 3.63) is 118 Å². The molecule has 0 aliphatic carbocycles. The quantitative estimate of drug-likeness (QED) is 0.159. The smallest absolute Gasteiger partial charge is 0.260 e. The van der Waals surface area contributed by atoms with Gasteiger partial charge in [-0.3, -0.25) is 9.59 Å². The number of hydrazone groups is 1. The molecule has 0 aliphatic heterocycles. The minimum absolute atomic E-state index is 0.0222. The van der Waals surface area contributed by atoms with E-state index in [0.717, 1.165) is 0 Å². The average Bonchev–Trinajstić information content (AvgIpc) is 2.96. The van der Waals surface area contributed by atoms with Crippen LogP contribution in [0.3, 0.4) is 0 Å². The van der Waals surface area contributed by atoms with Crippen molar-refractivity contribution in [2.75, 3.05) is 6.61 Å². The minimum Gasteiger partial charge on any atom is -0.490 e. The zero-order valence-electron chi connectivity index (χ0n) is 21.3. The van der Waals surface area contributed by atoms with Crippen LogP contribution in [-0.4, -0.2) is 23.3 Å². The number of aromatic nitrogens is 1. The largest absolute Gasteiger partial charge is 0.490 e. The van der Waals surface area contributed by atoms with Gasteiger partial charge in [0.2, 0.25) is 0 Å². The number of fused-ring (bicyclic) bond motifs is 2. The summed E-state index contributed by atoms with van der Waals surface area (Å²) in [4.78, 5) is 25.8. The molecule has 5 aromatic rings. The molecule has 0 saturated carbocycles. The van der Waals surface area contributed by atoms with E-state index in [1.807, 2.05) is 35.8 Å². The van der Waals surface area contributed by atoms with Crippen molar-refractivity contribution in [3.63, 3.8) is 0 Å². The van der Waals surface area contributed by atoms with Gasteiger partial charge in [0.15, 0.2) is 16.9 Å². The molecule has 39 heavy (non-hydrogen) atoms. The summed E-state index contributed by atoms with van der Waals surface area (Å²) in [5, 5.41) is 5.20. The van der Waals surface area contributed by atoms with E-state index in [4.69, 9.17) is 9.47 Å². The third-order valence-corrected chi connectivity index (χ3v) is 6.19. The molecular formula is C31H26FN3O4. The first-order valence-corrected chi connectivity index (χ1v) is 12.5. The van der Waals surface area contributed by atoms with E-state index in [0.29, 0.717) is 51.0 Å². The second-order valence-electron chi connectivity index (χ2n) is 8.76. The summed E-state index contributed by atoms with van der Waals surface area (Å²) in [6, 6.07) is 26.1. The first kappa shape index (κ1) is 25.7. The number of halogens is 1. The van der Waals surface area contributed by atoms with Crippen LogP contribution in [0.2, 0.25) is 0 Å². The molecule has 1 N–H and O–H groups in total. The number of rotatable bonds is 9. The molecular weight excluding hydrogens is 497 g/mol. The molecule has 5 rings (SSSR count). The van der Waals surface area contributed by atoms with Gasteiger partial charge in [-0.15, -0.1) is 0 Å². The molecule has 0 spiro atoms. The average molecular weight is 524 g/mol. The number of pyridine rings is 1. The summed E-state index contributed by atoms with van der Waals surface area (Å²) in [5.74, 6) is 0.270. The van der Waals surface area contributed by atoms with Crippen molar-refractivity contribution in [2.45, 2.75) is 20.1 Å². The predicted molar refractivity (Wildman–Crippen MR) is 150 cm³/mol. The van der Waals surface area contributed by atoms with Gasteiger partial charge in [0.05, 0.1) is 23.9 Å². The van der Waals surface area contributed by atoms with Crippen LogP contribution in [0.5, 0.6) is 11.5 Å². The normalized spacial score (nSPS) is 11.2. The fourth-order valence-corrected chi connectivity index (χ4v) is 4.37. The molecule has 0 aliphatic rings. The number of benzene rings is 4. The van der Waals surface area contributed by atoms with Crippen LogP contribution in [0.1, 0.15) is 18.1 Å². The number of hydrogen-bond donors (Lipinski definition) is 1.